The molecule has 0 bridgehead atoms. The van der Waals surface area contributed by atoms with Crippen LogP contribution in [0.5, 0.6) is 0 Å². The number of carbonyl (C=O) groups is 1. The van der Waals surface area contributed by atoms with Gasteiger partial charge in [0, 0.05) is 29.7 Å². The molecule has 1 amide bonds. The molecule has 1 aromatic rings. The molecule has 9 heteroatoms. The van der Waals surface area contributed by atoms with E-state index in [1.807, 2.05) is 13.8 Å². The number of nitrogens with zero attached hydrogens (tertiary/aromatic N) is 3. The van der Waals surface area contributed by atoms with Gasteiger partial charge in [0.05, 0.1) is 0 Å². The summed E-state index contributed by atoms with van der Waals surface area (Å²) in [4.78, 5) is 18.1. The van der Waals surface area contributed by atoms with Crippen LogP contribution in [0.3, 0.4) is 0 Å². The molecule has 0 aromatic carbocycles. The summed E-state index contributed by atoms with van der Waals surface area (Å²) < 4.78 is 24.3. The van der Waals surface area contributed by atoms with Crippen molar-refractivity contribution in [2.75, 3.05) is 23.8 Å². The van der Waals surface area contributed by atoms with Crippen LogP contribution in [-0.4, -0.2) is 63.6 Å². The molecule has 1 atom stereocenters. The second-order valence-corrected chi connectivity index (χ2v) is 8.78. The molecule has 2 rings (SSSR count). The number of thioether (sulfide) groups is 1. The fourth-order valence-corrected chi connectivity index (χ4v) is 5.03. The molecule has 118 valence electrons. The molecule has 2 heterocycles. The summed E-state index contributed by atoms with van der Waals surface area (Å²) in [5.74, 6) is 1.53. The lowest BCUT2D eigenvalue weighted by Crippen LogP contribution is -2.51. The first-order chi connectivity index (χ1) is 9.86. The van der Waals surface area contributed by atoms with E-state index in [1.54, 1.807) is 18.7 Å². The van der Waals surface area contributed by atoms with E-state index in [-0.39, 0.29) is 17.5 Å². The van der Waals surface area contributed by atoms with Crippen LogP contribution < -0.4 is 0 Å². The molecule has 1 unspecified atom stereocenters. The Labute approximate surface area is 128 Å². The van der Waals surface area contributed by atoms with E-state index in [1.165, 1.54) is 4.90 Å². The third-order valence-corrected chi connectivity index (χ3v) is 6.69. The van der Waals surface area contributed by atoms with E-state index < -0.39 is 21.1 Å². The van der Waals surface area contributed by atoms with Crippen molar-refractivity contribution in [1.82, 2.24) is 20.1 Å². The highest BCUT2D eigenvalue weighted by atomic mass is 32.2. The van der Waals surface area contributed by atoms with Crippen molar-refractivity contribution in [3.8, 4) is 0 Å². The van der Waals surface area contributed by atoms with Crippen molar-refractivity contribution < 1.29 is 13.2 Å². The summed E-state index contributed by atoms with van der Waals surface area (Å²) in [6.07, 6.45) is 0. The number of rotatable bonds is 4. The van der Waals surface area contributed by atoms with Crippen LogP contribution in [0.2, 0.25) is 0 Å². The third-order valence-electron chi connectivity index (χ3n) is 3.40. The minimum Gasteiger partial charge on any atom is -0.317 e. The first-order valence-electron chi connectivity index (χ1n) is 6.89. The highest BCUT2D eigenvalue weighted by molar-refractivity contribution is 8.01. The maximum Gasteiger partial charge on any atom is 0.294 e. The van der Waals surface area contributed by atoms with Gasteiger partial charge in [0.2, 0.25) is 5.82 Å². The number of H-pyrrole nitrogens is 1. The highest BCUT2D eigenvalue weighted by Gasteiger charge is 2.37. The Balaban J connectivity index is 2.26. The SMILES string of the molecule is CCS(=O)(=O)C1CSCCN1C(=O)c1n[nH]c(C(C)C)n1. The number of aromatic nitrogens is 3. The molecule has 21 heavy (non-hydrogen) atoms. The summed E-state index contributed by atoms with van der Waals surface area (Å²) in [5.41, 5.74) is 0. The first-order valence-corrected chi connectivity index (χ1v) is 9.76. The summed E-state index contributed by atoms with van der Waals surface area (Å²) in [5, 5.41) is 5.87. The summed E-state index contributed by atoms with van der Waals surface area (Å²) in [7, 11) is -3.31. The van der Waals surface area contributed by atoms with Gasteiger partial charge in [-0.2, -0.15) is 11.8 Å². The number of hydrogen-bond donors (Lipinski definition) is 1. The van der Waals surface area contributed by atoms with E-state index in [4.69, 9.17) is 0 Å². The second-order valence-electron chi connectivity index (χ2n) is 5.18. The van der Waals surface area contributed by atoms with Gasteiger partial charge in [-0.15, -0.1) is 5.10 Å². The third kappa shape index (κ3) is 3.39. The maximum absolute atomic E-state index is 12.5. The molecule has 1 aliphatic heterocycles. The molecule has 0 radical (unpaired) electrons. The van der Waals surface area contributed by atoms with Crippen LogP contribution in [0.25, 0.3) is 0 Å². The number of aromatic amines is 1. The highest BCUT2D eigenvalue weighted by Crippen LogP contribution is 2.23. The minimum atomic E-state index is -3.31. The van der Waals surface area contributed by atoms with Crippen LogP contribution in [0.1, 0.15) is 43.1 Å². The number of hydrogen-bond acceptors (Lipinski definition) is 6. The number of nitrogens with one attached hydrogen (secondary N) is 1. The average Bonchev–Trinajstić information content (AvgIpc) is 2.96. The number of carbonyl (C=O) groups excluding carboxylic acids is 1. The summed E-state index contributed by atoms with van der Waals surface area (Å²) >= 11 is 1.55. The van der Waals surface area contributed by atoms with Gasteiger partial charge >= 0.3 is 0 Å². The Morgan fingerprint density at radius 3 is 2.81 bits per heavy atom. The predicted octanol–water partition coefficient (Wildman–Crippen LogP) is 0.878. The lowest BCUT2D eigenvalue weighted by molar-refractivity contribution is 0.0737. The quantitative estimate of drug-likeness (QED) is 0.879. The van der Waals surface area contributed by atoms with Crippen molar-refractivity contribution in [2.24, 2.45) is 0 Å². The van der Waals surface area contributed by atoms with Crippen LogP contribution in [0, 0.1) is 0 Å². The Hall–Kier alpha value is -1.09. The molecular weight excluding hydrogens is 312 g/mol. The molecule has 7 nitrogen and oxygen atoms in total. The van der Waals surface area contributed by atoms with Crippen LogP contribution in [-0.2, 0) is 9.84 Å². The van der Waals surface area contributed by atoms with Crippen molar-refractivity contribution in [1.29, 1.82) is 0 Å². The van der Waals surface area contributed by atoms with Gasteiger partial charge in [-0.1, -0.05) is 20.8 Å². The Morgan fingerprint density at radius 2 is 2.24 bits per heavy atom. The standard InChI is InChI=1S/C12H20N4O3S2/c1-4-21(18,19)9-7-20-6-5-16(9)12(17)11-13-10(8(2)3)14-15-11/h8-9H,4-7H2,1-3H3,(H,13,14,15). The van der Waals surface area contributed by atoms with E-state index in [0.717, 1.165) is 5.75 Å². The number of amides is 1. The van der Waals surface area contributed by atoms with E-state index in [0.29, 0.717) is 18.1 Å². The van der Waals surface area contributed by atoms with Gasteiger partial charge in [0.1, 0.15) is 11.2 Å². The maximum atomic E-state index is 12.5. The Bertz CT molecular complexity index is 612. The van der Waals surface area contributed by atoms with Gasteiger partial charge in [-0.25, -0.2) is 13.4 Å². The van der Waals surface area contributed by atoms with Crippen molar-refractivity contribution >= 4 is 27.5 Å². The molecule has 1 N–H and O–H groups in total. The van der Waals surface area contributed by atoms with Crippen molar-refractivity contribution in [2.45, 2.75) is 32.1 Å². The van der Waals surface area contributed by atoms with Gasteiger partial charge < -0.3 is 4.90 Å². The van der Waals surface area contributed by atoms with E-state index >= 15 is 0 Å². The molecule has 0 aliphatic carbocycles. The lowest BCUT2D eigenvalue weighted by Gasteiger charge is -2.33. The molecule has 1 aromatic heterocycles. The lowest BCUT2D eigenvalue weighted by atomic mass is 10.2. The van der Waals surface area contributed by atoms with Crippen molar-refractivity contribution in [3.63, 3.8) is 0 Å². The van der Waals surface area contributed by atoms with E-state index in [2.05, 4.69) is 15.2 Å². The van der Waals surface area contributed by atoms with Gasteiger partial charge in [0.25, 0.3) is 5.91 Å². The zero-order chi connectivity index (χ0) is 15.6. The molecule has 0 saturated carbocycles. The summed E-state index contributed by atoms with van der Waals surface area (Å²) in [6.45, 7) is 5.88. The van der Waals surface area contributed by atoms with Crippen LogP contribution >= 0.6 is 11.8 Å². The number of sulfone groups is 1. The van der Waals surface area contributed by atoms with Crippen molar-refractivity contribution in [3.05, 3.63) is 11.6 Å². The predicted molar refractivity (Wildman–Crippen MR) is 82.1 cm³/mol. The molecule has 1 aliphatic rings. The van der Waals surface area contributed by atoms with E-state index in [9.17, 15) is 13.2 Å². The summed E-state index contributed by atoms with van der Waals surface area (Å²) in [6, 6.07) is 0. The van der Waals surface area contributed by atoms with Gasteiger partial charge in [-0.05, 0) is 0 Å². The zero-order valence-corrected chi connectivity index (χ0v) is 14.0. The molecule has 0 spiro atoms. The fourth-order valence-electron chi connectivity index (χ4n) is 2.06. The van der Waals surface area contributed by atoms with Gasteiger partial charge in [0.15, 0.2) is 9.84 Å². The normalized spacial score (nSPS) is 20.0. The van der Waals surface area contributed by atoms with Gasteiger partial charge in [-0.3, -0.25) is 9.89 Å². The smallest absolute Gasteiger partial charge is 0.294 e. The average molecular weight is 332 g/mol. The second kappa shape index (κ2) is 6.35. The molecule has 1 saturated heterocycles. The topological polar surface area (TPSA) is 96.0 Å². The molecular formula is C12H20N4O3S2. The Morgan fingerprint density at radius 1 is 1.52 bits per heavy atom. The van der Waals surface area contributed by atoms with Crippen LogP contribution in [0.4, 0.5) is 0 Å². The minimum absolute atomic E-state index is 0.0211. The zero-order valence-electron chi connectivity index (χ0n) is 12.4. The molecule has 1 fully saturated rings. The first kappa shape index (κ1) is 16.3. The Kier molecular flexibility index (Phi) is 4.92. The largest absolute Gasteiger partial charge is 0.317 e. The van der Waals surface area contributed by atoms with Crippen LogP contribution in [0.15, 0.2) is 0 Å². The fraction of sp³-hybridized carbons (Fsp3) is 0.750. The monoisotopic (exact) mass is 332 g/mol.